The number of likely N-dealkylation sites (N-methyl/N-ethyl adjacent to an activating group) is 12. The van der Waals surface area contributed by atoms with Crippen molar-refractivity contribution in [2.75, 3.05) is 229 Å². The molecule has 73 heavy (non-hydrogen) atoms. The van der Waals surface area contributed by atoms with Gasteiger partial charge in [-0.15, -0.1) is 0 Å². The van der Waals surface area contributed by atoms with Gasteiger partial charge in [0.2, 0.25) is 7.85 Å². The van der Waals surface area contributed by atoms with Crippen molar-refractivity contribution in [2.45, 2.75) is 142 Å². The molecule has 0 unspecified atom stereocenters. The Labute approximate surface area is 457 Å². The third-order valence-corrected chi connectivity index (χ3v) is 15.6. The lowest BCUT2D eigenvalue weighted by molar-refractivity contribution is 0.214. The summed E-state index contributed by atoms with van der Waals surface area (Å²) < 4.78 is 0. The van der Waals surface area contributed by atoms with Gasteiger partial charge in [0.05, 0.1) is 0 Å². The Morgan fingerprint density at radius 2 is 0.425 bits per heavy atom. The summed E-state index contributed by atoms with van der Waals surface area (Å²) in [6.07, 6.45) is 28.4. The zero-order valence-electron chi connectivity index (χ0n) is 51.3. The van der Waals surface area contributed by atoms with Crippen LogP contribution in [0.25, 0.3) is 0 Å². The number of hydrogen-bond acceptors (Lipinski definition) is 13. The number of nitrogens with zero attached hydrogens (tertiary/aromatic N) is 12. The monoisotopic (exact) mass is 1030 g/mol. The molecule has 0 spiro atoms. The molecule has 1 amide bonds. The summed E-state index contributed by atoms with van der Waals surface area (Å²) in [4.78, 5) is 39.5. The molecule has 0 aromatic heterocycles. The zero-order chi connectivity index (χ0) is 54.5. The number of rotatable bonds is 55. The van der Waals surface area contributed by atoms with Crippen molar-refractivity contribution < 1.29 is 9.82 Å². The highest BCUT2D eigenvalue weighted by Gasteiger charge is 2.12. The highest BCUT2D eigenvalue weighted by molar-refractivity contribution is 6.56. The van der Waals surface area contributed by atoms with Crippen molar-refractivity contribution in [1.29, 1.82) is 0 Å². The third-order valence-electron chi connectivity index (χ3n) is 15.6. The molecule has 0 atom stereocenters. The van der Waals surface area contributed by atoms with Crippen LogP contribution in [0.3, 0.4) is 0 Å². The second kappa shape index (κ2) is 49.4. The van der Waals surface area contributed by atoms with Crippen molar-refractivity contribution in [3.63, 3.8) is 0 Å². The molecule has 0 bridgehead atoms. The Hall–Kier alpha value is -0.880. The predicted molar refractivity (Wildman–Crippen MR) is 322 cm³/mol. The predicted octanol–water partition coefficient (Wildman–Crippen LogP) is 6.76. The lowest BCUT2D eigenvalue weighted by atomic mass is 9.86. The molecule has 0 fully saturated rings. The Kier molecular flexibility index (Phi) is 48.8. The van der Waals surface area contributed by atoms with Gasteiger partial charge in [-0.3, -0.25) is 4.79 Å². The summed E-state index contributed by atoms with van der Waals surface area (Å²) in [5, 5.41) is 9.64. The molecule has 0 rings (SSSR count). The Balaban J connectivity index is 3.62. The smallest absolute Gasteiger partial charge is 0.376 e. The molecule has 2 radical (unpaired) electrons. The number of unbranched alkanes of at least 4 members (excludes halogenated alkanes) is 18. The topological polar surface area (TPSA) is 76.2 Å². The maximum atomic E-state index is 11.2. The molecule has 1 N–H and O–H groups in total. The zero-order valence-corrected chi connectivity index (χ0v) is 51.3. The third kappa shape index (κ3) is 49.2. The van der Waals surface area contributed by atoms with Gasteiger partial charge in [0.1, 0.15) is 0 Å². The van der Waals surface area contributed by atoms with Crippen LogP contribution < -0.4 is 0 Å². The first kappa shape index (κ1) is 72.1. The minimum Gasteiger partial charge on any atom is -0.437 e. The van der Waals surface area contributed by atoms with E-state index in [9.17, 15) is 9.82 Å². The van der Waals surface area contributed by atoms with Crippen LogP contribution in [0, 0.1) is 0 Å². The average molecular weight is 1030 g/mol. The van der Waals surface area contributed by atoms with Crippen LogP contribution in [0.15, 0.2) is 0 Å². The molecule has 0 aromatic rings. The van der Waals surface area contributed by atoms with Gasteiger partial charge >= 0.3 is 7.05 Å². The minimum absolute atomic E-state index is 0.358. The SMILES string of the molecule is [B]C(=O)N(C)CCN(C)CCN(C)CCCCCCCCCN(C)CCN(C)CCN(C)CCCCCCCCCN(C)CCN(C)CCN(C)CCCCCCCCCN(C)CCN(C)CCN(C)B(C)O. The van der Waals surface area contributed by atoms with Gasteiger partial charge in [0.15, 0.2) is 5.81 Å². The first-order chi connectivity index (χ1) is 34.9. The van der Waals surface area contributed by atoms with E-state index in [0.29, 0.717) is 6.54 Å². The van der Waals surface area contributed by atoms with Crippen LogP contribution in [-0.2, 0) is 0 Å². The van der Waals surface area contributed by atoms with E-state index in [-0.39, 0.29) is 12.9 Å². The van der Waals surface area contributed by atoms with Crippen molar-refractivity contribution in [3.05, 3.63) is 0 Å². The summed E-state index contributed by atoms with van der Waals surface area (Å²) in [7, 11) is 31.3. The fraction of sp³-hybridized carbons (Fsp3) is 0.982. The molecule has 0 aliphatic rings. The van der Waals surface area contributed by atoms with Crippen LogP contribution in [0.4, 0.5) is 4.79 Å². The van der Waals surface area contributed by atoms with Crippen molar-refractivity contribution in [1.82, 2.24) is 58.7 Å². The molecule has 14 nitrogen and oxygen atoms in total. The second-order valence-corrected chi connectivity index (χ2v) is 23.3. The quantitative estimate of drug-likeness (QED) is 0.0517. The summed E-state index contributed by atoms with van der Waals surface area (Å²) in [5.41, 5.74) is 0. The van der Waals surface area contributed by atoms with E-state index in [1.807, 2.05) is 18.7 Å². The fourth-order valence-corrected chi connectivity index (χ4v) is 9.05. The van der Waals surface area contributed by atoms with Gasteiger partial charge in [0, 0.05) is 112 Å². The van der Waals surface area contributed by atoms with Gasteiger partial charge in [-0.05, 0) is 162 Å². The first-order valence-corrected chi connectivity index (χ1v) is 30.1. The molecule has 0 aromatic carbocycles. The number of carbonyl (C=O) groups excluding carboxylic acids is 1. The highest BCUT2D eigenvalue weighted by atomic mass is 16.2. The van der Waals surface area contributed by atoms with Gasteiger partial charge in [-0.1, -0.05) is 96.3 Å². The van der Waals surface area contributed by atoms with Crippen LogP contribution in [-0.4, -0.2) is 313 Å². The van der Waals surface area contributed by atoms with Crippen LogP contribution >= 0.6 is 0 Å². The standard InChI is InChI=1S/C57H126B2N12O2/c1-59(73)71(13)56-54-69(11)52-46-65(7)40-34-28-22-16-20-26-32-38-63(5)44-50-67(9)48-42-61(3)36-30-24-18-14-17-23-29-35-60(2)41-47-66(8)49-43-62(4)37-31-25-19-15-21-27-33-39-64(6)45-51-68(10)53-55-70(12)57(58)72/h73H,14-56H2,1-13H3. The molecule has 16 heteroatoms. The minimum atomic E-state index is -0.372. The summed E-state index contributed by atoms with van der Waals surface area (Å²) in [6.45, 7) is 26.1. The molecule has 0 aliphatic heterocycles. The number of amides is 1. The first-order valence-electron chi connectivity index (χ1n) is 30.1. The van der Waals surface area contributed by atoms with Crippen molar-refractivity contribution >= 4 is 20.7 Å². The van der Waals surface area contributed by atoms with E-state index in [4.69, 9.17) is 7.85 Å². The van der Waals surface area contributed by atoms with Crippen LogP contribution in [0.1, 0.15) is 135 Å². The lowest BCUT2D eigenvalue weighted by Crippen LogP contribution is -2.40. The lowest BCUT2D eigenvalue weighted by Gasteiger charge is -2.24. The average Bonchev–Trinajstić information content (AvgIpc) is 3.36. The number of carbonyl (C=O) groups is 1. The molecule has 0 saturated carbocycles. The molecule has 0 aliphatic carbocycles. The van der Waals surface area contributed by atoms with E-state index in [0.717, 1.165) is 85.1 Å². The summed E-state index contributed by atoms with van der Waals surface area (Å²) in [5.74, 6) is -0.358. The molecule has 432 valence electrons. The molecular formula is C57H126B2N12O2. The van der Waals surface area contributed by atoms with E-state index >= 15 is 0 Å². The van der Waals surface area contributed by atoms with E-state index in [1.165, 1.54) is 187 Å². The van der Waals surface area contributed by atoms with Gasteiger partial charge in [-0.25, -0.2) is 0 Å². The second-order valence-electron chi connectivity index (χ2n) is 23.3. The summed E-state index contributed by atoms with van der Waals surface area (Å²) in [6, 6.07) is 0. The summed E-state index contributed by atoms with van der Waals surface area (Å²) >= 11 is 0. The maximum absolute atomic E-state index is 11.2. The normalized spacial score (nSPS) is 12.5. The van der Waals surface area contributed by atoms with E-state index < -0.39 is 0 Å². The molecule has 0 heterocycles. The van der Waals surface area contributed by atoms with Gasteiger partial charge in [-0.2, -0.15) is 0 Å². The largest absolute Gasteiger partial charge is 0.437 e. The number of hydrogen-bond donors (Lipinski definition) is 1. The van der Waals surface area contributed by atoms with Crippen LogP contribution in [0.5, 0.6) is 0 Å². The Morgan fingerprint density at radius 1 is 0.274 bits per heavy atom. The van der Waals surface area contributed by atoms with Crippen molar-refractivity contribution in [2.24, 2.45) is 0 Å². The Morgan fingerprint density at radius 3 is 0.603 bits per heavy atom. The van der Waals surface area contributed by atoms with E-state index in [2.05, 4.69) is 119 Å². The van der Waals surface area contributed by atoms with Gasteiger partial charge in [0.25, 0.3) is 0 Å². The fourth-order valence-electron chi connectivity index (χ4n) is 9.05. The maximum Gasteiger partial charge on any atom is 0.376 e. The van der Waals surface area contributed by atoms with Crippen LogP contribution in [0.2, 0.25) is 6.82 Å². The van der Waals surface area contributed by atoms with Crippen molar-refractivity contribution in [3.8, 4) is 0 Å². The van der Waals surface area contributed by atoms with E-state index in [1.54, 1.807) is 11.9 Å². The van der Waals surface area contributed by atoms with Gasteiger partial charge < -0.3 is 63.7 Å². The Bertz CT molecular complexity index is 1200. The highest BCUT2D eigenvalue weighted by Crippen LogP contribution is 2.11. The molecular weight excluding hydrogens is 906 g/mol. The molecule has 0 saturated heterocycles.